The van der Waals surface area contributed by atoms with E-state index in [0.29, 0.717) is 37.5 Å². The molecule has 7 rings (SSSR count). The molecule has 1 atom stereocenters. The fourth-order valence-corrected chi connectivity index (χ4v) is 5.67. The minimum absolute atomic E-state index is 0. The first kappa shape index (κ1) is 24.4. The SMILES string of the molecule is Cc1c(OCC23COC(C4CCC4)(OC2)OC3)ccnc1CS(=O)c1nc2ccccc2[nH]1.[H-].[Na+]. The number of fused-ring (bicyclic) bond motifs is 4. The van der Waals surface area contributed by atoms with E-state index in [9.17, 15) is 4.21 Å². The Labute approximate surface area is 224 Å². The van der Waals surface area contributed by atoms with E-state index >= 15 is 0 Å². The molecule has 1 aliphatic carbocycles. The summed E-state index contributed by atoms with van der Waals surface area (Å²) in [6, 6.07) is 9.49. The summed E-state index contributed by atoms with van der Waals surface area (Å²) in [7, 11) is -1.35. The molecule has 3 saturated heterocycles. The molecule has 1 unspecified atom stereocenters. The van der Waals surface area contributed by atoms with Crippen LogP contribution in [0.15, 0.2) is 41.7 Å². The number of aromatic nitrogens is 3. The van der Waals surface area contributed by atoms with Gasteiger partial charge in [0.05, 0.1) is 58.5 Å². The summed E-state index contributed by atoms with van der Waals surface area (Å²) in [5.41, 5.74) is 2.95. The first-order valence-electron chi connectivity index (χ1n) is 11.4. The molecule has 4 aliphatic rings. The van der Waals surface area contributed by atoms with Crippen LogP contribution >= 0.6 is 0 Å². The number of imidazole rings is 1. The smallest absolute Gasteiger partial charge is 1.00 e. The van der Waals surface area contributed by atoms with Gasteiger partial charge in [-0.15, -0.1) is 0 Å². The Morgan fingerprint density at radius 2 is 1.91 bits per heavy atom. The summed E-state index contributed by atoms with van der Waals surface area (Å²) in [5.74, 6) is 0.486. The fraction of sp³-hybridized carbons (Fsp3) is 0.500. The number of nitrogens with zero attached hydrogens (tertiary/aromatic N) is 2. The van der Waals surface area contributed by atoms with Crippen LogP contribution in [0.1, 0.15) is 31.9 Å². The van der Waals surface area contributed by atoms with Crippen LogP contribution < -0.4 is 34.3 Å². The summed E-state index contributed by atoms with van der Waals surface area (Å²) in [5, 5.41) is 0.452. The summed E-state index contributed by atoms with van der Waals surface area (Å²) in [4.78, 5) is 12.1. The van der Waals surface area contributed by atoms with Crippen molar-refractivity contribution in [2.24, 2.45) is 11.3 Å². The maximum Gasteiger partial charge on any atom is 1.00 e. The molecule has 1 N–H and O–H groups in total. The molecular formula is C24H28N3NaO5S. The number of aromatic amines is 1. The molecule has 34 heavy (non-hydrogen) atoms. The quantitative estimate of drug-likeness (QED) is 0.482. The van der Waals surface area contributed by atoms with Crippen LogP contribution in [0.2, 0.25) is 0 Å². The van der Waals surface area contributed by atoms with Gasteiger partial charge in [-0.1, -0.05) is 18.6 Å². The van der Waals surface area contributed by atoms with Crippen molar-refractivity contribution in [3.63, 3.8) is 0 Å². The summed E-state index contributed by atoms with van der Waals surface area (Å²) in [6.07, 6.45) is 5.09. The third-order valence-corrected chi connectivity index (χ3v) is 8.15. The number of H-pyrrole nitrogens is 1. The summed E-state index contributed by atoms with van der Waals surface area (Å²) in [6.45, 7) is 4.06. The van der Waals surface area contributed by atoms with Crippen molar-refractivity contribution in [3.05, 3.63) is 47.8 Å². The van der Waals surface area contributed by atoms with E-state index in [-0.39, 0.29) is 42.2 Å². The van der Waals surface area contributed by atoms with Crippen LogP contribution in [0, 0.1) is 18.3 Å². The second-order valence-electron chi connectivity index (χ2n) is 9.32. The van der Waals surface area contributed by atoms with E-state index in [1.165, 1.54) is 6.42 Å². The molecule has 5 heterocycles. The molecule has 0 radical (unpaired) electrons. The number of rotatable bonds is 7. The van der Waals surface area contributed by atoms with Gasteiger partial charge in [-0.05, 0) is 38.0 Å². The van der Waals surface area contributed by atoms with E-state index in [1.54, 1.807) is 6.20 Å². The van der Waals surface area contributed by atoms with Gasteiger partial charge in [0.25, 0.3) is 5.97 Å². The topological polar surface area (TPSA) is 95.6 Å². The number of benzene rings is 1. The molecule has 2 bridgehead atoms. The number of hydrogen-bond acceptors (Lipinski definition) is 7. The van der Waals surface area contributed by atoms with Crippen molar-refractivity contribution < 1.29 is 54.1 Å². The molecule has 2 aromatic heterocycles. The number of ether oxygens (including phenoxy) is 4. The predicted octanol–water partition coefficient (Wildman–Crippen LogP) is 0.587. The Kier molecular flexibility index (Phi) is 6.89. The zero-order valence-electron chi connectivity index (χ0n) is 20.5. The molecule has 1 saturated carbocycles. The Hall–Kier alpha value is -1.33. The average molecular weight is 494 g/mol. The van der Waals surface area contributed by atoms with Crippen LogP contribution in [-0.4, -0.2) is 51.6 Å². The number of para-hydroxylation sites is 2. The first-order valence-corrected chi connectivity index (χ1v) is 12.7. The molecule has 3 aliphatic heterocycles. The normalized spacial score (nSPS) is 27.2. The standard InChI is InChI=1S/C24H27N3O5S.Na.H/c1-16-20(11-33(28)22-26-18-7-2-3-8-19(18)27-22)25-10-9-21(16)29-12-23-13-30-24(31-14-23,32-15-23)17-5-4-6-17;;/h2-3,7-10,17H,4-6,11-15H2,1H3,(H,26,27);;/q;+1;-1. The number of hydrogen-bond donors (Lipinski definition) is 1. The Morgan fingerprint density at radius 3 is 2.59 bits per heavy atom. The molecule has 0 amide bonds. The fourth-order valence-electron chi connectivity index (χ4n) is 4.57. The van der Waals surface area contributed by atoms with E-state index < -0.39 is 16.8 Å². The minimum Gasteiger partial charge on any atom is -1.00 e. The van der Waals surface area contributed by atoms with Crippen LogP contribution in [0.4, 0.5) is 0 Å². The van der Waals surface area contributed by atoms with Gasteiger partial charge in [0.1, 0.15) is 12.4 Å². The molecular weight excluding hydrogens is 465 g/mol. The Bertz CT molecular complexity index is 1160. The van der Waals surface area contributed by atoms with Crippen molar-refractivity contribution in [1.29, 1.82) is 0 Å². The zero-order valence-corrected chi connectivity index (χ0v) is 22.4. The predicted molar refractivity (Wildman–Crippen MR) is 122 cm³/mol. The monoisotopic (exact) mass is 493 g/mol. The van der Waals surface area contributed by atoms with Crippen molar-refractivity contribution >= 4 is 21.8 Å². The van der Waals surface area contributed by atoms with Gasteiger partial charge < -0.3 is 25.4 Å². The second kappa shape index (κ2) is 9.61. The van der Waals surface area contributed by atoms with E-state index in [2.05, 4.69) is 15.0 Å². The molecule has 3 aromatic rings. The van der Waals surface area contributed by atoms with Crippen molar-refractivity contribution in [2.75, 3.05) is 26.4 Å². The van der Waals surface area contributed by atoms with Crippen LogP contribution in [-0.2, 0) is 30.8 Å². The third kappa shape index (κ3) is 4.36. The van der Waals surface area contributed by atoms with Gasteiger partial charge in [-0.3, -0.25) is 9.19 Å². The van der Waals surface area contributed by atoms with E-state index in [0.717, 1.165) is 40.9 Å². The van der Waals surface area contributed by atoms with Crippen LogP contribution in [0.25, 0.3) is 11.0 Å². The van der Waals surface area contributed by atoms with E-state index in [4.69, 9.17) is 18.9 Å². The number of nitrogens with one attached hydrogen (secondary N) is 1. The van der Waals surface area contributed by atoms with Gasteiger partial charge >= 0.3 is 29.6 Å². The van der Waals surface area contributed by atoms with Crippen LogP contribution in [0.5, 0.6) is 5.75 Å². The first-order chi connectivity index (χ1) is 16.1. The summed E-state index contributed by atoms with van der Waals surface area (Å²) >= 11 is 0. The maximum absolute atomic E-state index is 13.0. The summed E-state index contributed by atoms with van der Waals surface area (Å²) < 4.78 is 37.3. The molecule has 176 valence electrons. The van der Waals surface area contributed by atoms with Gasteiger partial charge in [0, 0.05) is 17.7 Å². The Balaban J connectivity index is 0.00000144. The molecule has 8 nitrogen and oxygen atoms in total. The van der Waals surface area contributed by atoms with Gasteiger partial charge in [-0.25, -0.2) is 4.98 Å². The van der Waals surface area contributed by atoms with Crippen molar-refractivity contribution in [2.45, 2.75) is 43.1 Å². The largest absolute Gasteiger partial charge is 1.00 e. The molecule has 10 heteroatoms. The van der Waals surface area contributed by atoms with Crippen LogP contribution in [0.3, 0.4) is 0 Å². The van der Waals surface area contributed by atoms with Crippen molar-refractivity contribution in [1.82, 2.24) is 15.0 Å². The number of pyridine rings is 1. The van der Waals surface area contributed by atoms with Gasteiger partial charge in [-0.2, -0.15) is 0 Å². The second-order valence-corrected chi connectivity index (χ2v) is 10.7. The van der Waals surface area contributed by atoms with Crippen molar-refractivity contribution in [3.8, 4) is 5.75 Å². The molecule has 1 aromatic carbocycles. The maximum atomic E-state index is 13.0. The van der Waals surface area contributed by atoms with Gasteiger partial charge in [0.15, 0.2) is 5.16 Å². The average Bonchev–Trinajstić information content (AvgIpc) is 3.24. The zero-order chi connectivity index (χ0) is 22.5. The Morgan fingerprint density at radius 1 is 1.18 bits per heavy atom. The van der Waals surface area contributed by atoms with E-state index in [1.807, 2.05) is 37.3 Å². The van der Waals surface area contributed by atoms with Gasteiger partial charge in [0.2, 0.25) is 0 Å². The molecule has 0 spiro atoms. The third-order valence-electron chi connectivity index (χ3n) is 6.99. The minimum atomic E-state index is -1.35. The molecule has 4 fully saturated rings.